The topological polar surface area (TPSA) is 65.8 Å². The highest BCUT2D eigenvalue weighted by Gasteiger charge is 2.30. The first-order chi connectivity index (χ1) is 15.5. The highest BCUT2D eigenvalue weighted by molar-refractivity contribution is 7.15. The molecule has 2 aromatic carbocycles. The van der Waals surface area contributed by atoms with E-state index in [1.54, 1.807) is 6.07 Å². The Morgan fingerprint density at radius 3 is 2.42 bits per heavy atom. The molecule has 1 aromatic heterocycles. The van der Waals surface area contributed by atoms with Crippen LogP contribution in [0.1, 0.15) is 47.9 Å². The molecule has 0 radical (unpaired) electrons. The van der Waals surface area contributed by atoms with Crippen LogP contribution in [-0.4, -0.2) is 10.9 Å². The second kappa shape index (κ2) is 9.59. The van der Waals surface area contributed by atoms with E-state index in [0.29, 0.717) is 10.4 Å². The zero-order valence-corrected chi connectivity index (χ0v) is 19.1. The number of carbonyl (C=O) groups is 1. The highest BCUT2D eigenvalue weighted by atomic mass is 32.1. The molecule has 0 fully saturated rings. The van der Waals surface area contributed by atoms with E-state index in [9.17, 15) is 23.2 Å². The van der Waals surface area contributed by atoms with Crippen molar-refractivity contribution in [2.75, 3.05) is 5.32 Å². The van der Waals surface area contributed by atoms with Gasteiger partial charge in [0.05, 0.1) is 5.56 Å². The number of alkyl halides is 3. The van der Waals surface area contributed by atoms with Crippen molar-refractivity contribution in [1.82, 2.24) is 4.98 Å². The van der Waals surface area contributed by atoms with Gasteiger partial charge in [-0.2, -0.15) is 18.4 Å². The standard InChI is InChI=1S/C25H22F3N3OS/c1-24(2,3)19-9-7-16(8-10-19)11-18(14-29)22(32)31-23-30-15-21(33-23)13-17-5-4-6-20(12-17)25(26,27)28/h4-12,15H,13H2,1-3H3,(H,30,31,32)/b18-11-. The normalized spacial score (nSPS) is 12.3. The van der Waals surface area contributed by atoms with Gasteiger partial charge in [0.15, 0.2) is 5.13 Å². The number of rotatable bonds is 5. The number of hydrogen-bond donors (Lipinski definition) is 1. The van der Waals surface area contributed by atoms with Gasteiger partial charge >= 0.3 is 6.18 Å². The summed E-state index contributed by atoms with van der Waals surface area (Å²) in [5.74, 6) is -0.600. The van der Waals surface area contributed by atoms with Crippen molar-refractivity contribution in [3.05, 3.63) is 87.4 Å². The molecule has 0 unspecified atom stereocenters. The largest absolute Gasteiger partial charge is 0.416 e. The molecule has 0 atom stereocenters. The molecular weight excluding hydrogens is 447 g/mol. The maximum absolute atomic E-state index is 12.9. The third kappa shape index (κ3) is 6.53. The fourth-order valence-corrected chi connectivity index (χ4v) is 3.91. The number of thiazole rings is 1. The molecule has 0 aliphatic heterocycles. The molecule has 1 N–H and O–H groups in total. The molecule has 1 amide bonds. The highest BCUT2D eigenvalue weighted by Crippen LogP contribution is 2.30. The maximum Gasteiger partial charge on any atom is 0.416 e. The van der Waals surface area contributed by atoms with Crippen LogP contribution in [0.5, 0.6) is 0 Å². The first kappa shape index (κ1) is 24.2. The van der Waals surface area contributed by atoms with Crippen molar-refractivity contribution in [3.63, 3.8) is 0 Å². The Balaban J connectivity index is 1.69. The van der Waals surface area contributed by atoms with E-state index < -0.39 is 17.6 Å². The van der Waals surface area contributed by atoms with Crippen molar-refractivity contribution in [2.24, 2.45) is 0 Å². The van der Waals surface area contributed by atoms with E-state index in [0.717, 1.165) is 34.6 Å². The van der Waals surface area contributed by atoms with E-state index in [-0.39, 0.29) is 22.5 Å². The van der Waals surface area contributed by atoms with Gasteiger partial charge in [0.1, 0.15) is 11.6 Å². The third-order valence-corrected chi connectivity index (χ3v) is 5.77. The van der Waals surface area contributed by atoms with Crippen LogP contribution < -0.4 is 5.32 Å². The van der Waals surface area contributed by atoms with Crippen LogP contribution in [-0.2, 0) is 22.8 Å². The van der Waals surface area contributed by atoms with Crippen LogP contribution in [0.3, 0.4) is 0 Å². The minimum atomic E-state index is -4.41. The molecule has 3 rings (SSSR count). The van der Waals surface area contributed by atoms with Crippen molar-refractivity contribution >= 4 is 28.5 Å². The summed E-state index contributed by atoms with van der Waals surface area (Å²) in [4.78, 5) is 17.3. The number of anilines is 1. The lowest BCUT2D eigenvalue weighted by Crippen LogP contribution is -2.13. The van der Waals surface area contributed by atoms with Crippen LogP contribution in [0.15, 0.2) is 60.3 Å². The molecule has 0 spiro atoms. The number of amides is 1. The smallest absolute Gasteiger partial charge is 0.297 e. The van der Waals surface area contributed by atoms with Gasteiger partial charge in [-0.25, -0.2) is 4.98 Å². The molecule has 0 saturated heterocycles. The minimum absolute atomic E-state index is 0.00567. The fourth-order valence-electron chi connectivity index (χ4n) is 3.06. The molecule has 8 heteroatoms. The summed E-state index contributed by atoms with van der Waals surface area (Å²) in [6, 6.07) is 14.6. The lowest BCUT2D eigenvalue weighted by atomic mass is 9.86. The summed E-state index contributed by atoms with van der Waals surface area (Å²) in [5, 5.41) is 12.3. The lowest BCUT2D eigenvalue weighted by molar-refractivity contribution is -0.137. The van der Waals surface area contributed by atoms with Crippen molar-refractivity contribution in [1.29, 1.82) is 5.26 Å². The van der Waals surface area contributed by atoms with Crippen molar-refractivity contribution in [3.8, 4) is 6.07 Å². The van der Waals surface area contributed by atoms with Gasteiger partial charge in [0.2, 0.25) is 0 Å². The Morgan fingerprint density at radius 1 is 1.12 bits per heavy atom. The summed E-state index contributed by atoms with van der Waals surface area (Å²) in [5.41, 5.74) is 1.56. The number of benzene rings is 2. The maximum atomic E-state index is 12.9. The monoisotopic (exact) mass is 469 g/mol. The molecule has 1 heterocycles. The van der Waals surface area contributed by atoms with Crippen LogP contribution >= 0.6 is 11.3 Å². The van der Waals surface area contributed by atoms with Crippen LogP contribution in [0.4, 0.5) is 18.3 Å². The molecule has 0 aliphatic rings. The minimum Gasteiger partial charge on any atom is -0.297 e. The van der Waals surface area contributed by atoms with Gasteiger partial charge in [-0.05, 0) is 34.2 Å². The third-order valence-electron chi connectivity index (χ3n) is 4.86. The van der Waals surface area contributed by atoms with Gasteiger partial charge in [-0.3, -0.25) is 10.1 Å². The van der Waals surface area contributed by atoms with E-state index in [2.05, 4.69) is 31.1 Å². The van der Waals surface area contributed by atoms with Gasteiger partial charge in [0.25, 0.3) is 5.91 Å². The molecular formula is C25H22F3N3OS. The summed E-state index contributed by atoms with van der Waals surface area (Å²) < 4.78 is 38.7. The van der Waals surface area contributed by atoms with Gasteiger partial charge < -0.3 is 0 Å². The number of carbonyl (C=O) groups excluding carboxylic acids is 1. The van der Waals surface area contributed by atoms with Gasteiger partial charge in [0, 0.05) is 17.5 Å². The number of halogens is 3. The van der Waals surface area contributed by atoms with E-state index in [1.165, 1.54) is 18.3 Å². The second-order valence-corrected chi connectivity index (χ2v) is 9.62. The van der Waals surface area contributed by atoms with E-state index >= 15 is 0 Å². The Morgan fingerprint density at radius 2 is 1.82 bits per heavy atom. The molecule has 170 valence electrons. The van der Waals surface area contributed by atoms with Crippen LogP contribution in [0.2, 0.25) is 0 Å². The summed E-state index contributed by atoms with van der Waals surface area (Å²) in [7, 11) is 0. The predicted molar refractivity (Wildman–Crippen MR) is 124 cm³/mol. The predicted octanol–water partition coefficient (Wildman–Crippen LogP) is 6.60. The van der Waals surface area contributed by atoms with E-state index in [4.69, 9.17) is 0 Å². The van der Waals surface area contributed by atoms with Crippen LogP contribution in [0.25, 0.3) is 6.08 Å². The van der Waals surface area contributed by atoms with Crippen LogP contribution in [0, 0.1) is 11.3 Å². The number of nitrogens with one attached hydrogen (secondary N) is 1. The zero-order valence-electron chi connectivity index (χ0n) is 18.3. The van der Waals surface area contributed by atoms with Crippen molar-refractivity contribution < 1.29 is 18.0 Å². The quantitative estimate of drug-likeness (QED) is 0.338. The molecule has 3 aromatic rings. The average molecular weight is 470 g/mol. The molecule has 33 heavy (non-hydrogen) atoms. The average Bonchev–Trinajstić information content (AvgIpc) is 3.17. The Hall–Kier alpha value is -3.44. The van der Waals surface area contributed by atoms with Gasteiger partial charge in [-0.15, -0.1) is 11.3 Å². The molecule has 0 aliphatic carbocycles. The van der Waals surface area contributed by atoms with E-state index in [1.807, 2.05) is 30.3 Å². The number of nitriles is 1. The number of aromatic nitrogens is 1. The summed E-state index contributed by atoms with van der Waals surface area (Å²) >= 11 is 1.15. The SMILES string of the molecule is CC(C)(C)c1ccc(/C=C(/C#N)C(=O)Nc2ncc(Cc3cccc(C(F)(F)F)c3)s2)cc1. The second-order valence-electron chi connectivity index (χ2n) is 8.50. The van der Waals surface area contributed by atoms with Crippen molar-refractivity contribution in [2.45, 2.75) is 38.8 Å². The Labute approximate surface area is 194 Å². The molecule has 4 nitrogen and oxygen atoms in total. The molecule has 0 bridgehead atoms. The first-order valence-corrected chi connectivity index (χ1v) is 10.9. The number of nitrogens with zero attached hydrogens (tertiary/aromatic N) is 2. The number of hydrogen-bond acceptors (Lipinski definition) is 4. The summed E-state index contributed by atoms with van der Waals surface area (Å²) in [6.45, 7) is 6.30. The van der Waals surface area contributed by atoms with Gasteiger partial charge in [-0.1, -0.05) is 63.2 Å². The Kier molecular flexibility index (Phi) is 7.04. The summed E-state index contributed by atoms with van der Waals surface area (Å²) in [6.07, 6.45) is -1.16. The first-order valence-electron chi connectivity index (χ1n) is 10.1. The fraction of sp³-hybridized carbons (Fsp3) is 0.240. The Bertz CT molecular complexity index is 1210. The lowest BCUT2D eigenvalue weighted by Gasteiger charge is -2.18. The molecule has 0 saturated carbocycles. The zero-order chi connectivity index (χ0) is 24.2.